The first-order valence-electron chi connectivity index (χ1n) is 6.13. The summed E-state index contributed by atoms with van der Waals surface area (Å²) in [4.78, 5) is 0. The minimum Gasteiger partial charge on any atom is -0.459 e. The van der Waals surface area contributed by atoms with Crippen LogP contribution >= 0.6 is 15.9 Å². The minimum absolute atomic E-state index is 0.144. The van der Waals surface area contributed by atoms with Crippen LogP contribution in [0.2, 0.25) is 0 Å². The highest BCUT2D eigenvalue weighted by Gasteiger charge is 2.12. The van der Waals surface area contributed by atoms with Crippen LogP contribution in [0.25, 0.3) is 11.0 Å². The standard InChI is InChI=1S/C14H18BrNO2/c1-9(8-17)7-16-10(2)14-6-11-5-12(15)3-4-13(11)18-14/h3-6,9-10,16-17H,7-8H2,1-2H3. The van der Waals surface area contributed by atoms with Crippen LogP contribution in [0.3, 0.4) is 0 Å². The fourth-order valence-electron chi connectivity index (χ4n) is 1.79. The van der Waals surface area contributed by atoms with Crippen LogP contribution in [0.4, 0.5) is 0 Å². The number of aliphatic hydroxyl groups is 1. The number of aliphatic hydroxyl groups excluding tert-OH is 1. The second-order valence-corrected chi connectivity index (χ2v) is 5.66. The lowest BCUT2D eigenvalue weighted by Gasteiger charge is -2.14. The van der Waals surface area contributed by atoms with Crippen molar-refractivity contribution in [2.75, 3.05) is 13.2 Å². The fourth-order valence-corrected chi connectivity index (χ4v) is 2.17. The summed E-state index contributed by atoms with van der Waals surface area (Å²) < 4.78 is 6.86. The van der Waals surface area contributed by atoms with Gasteiger partial charge >= 0.3 is 0 Å². The zero-order chi connectivity index (χ0) is 13.1. The largest absolute Gasteiger partial charge is 0.459 e. The predicted octanol–water partition coefficient (Wildman–Crippen LogP) is 3.47. The number of nitrogens with one attached hydrogen (secondary N) is 1. The van der Waals surface area contributed by atoms with E-state index in [1.54, 1.807) is 0 Å². The van der Waals surface area contributed by atoms with Crippen LogP contribution < -0.4 is 5.32 Å². The van der Waals surface area contributed by atoms with Gasteiger partial charge in [0.05, 0.1) is 6.04 Å². The summed E-state index contributed by atoms with van der Waals surface area (Å²) in [6.07, 6.45) is 0. The Morgan fingerprint density at radius 3 is 2.83 bits per heavy atom. The normalized spacial score (nSPS) is 14.9. The van der Waals surface area contributed by atoms with E-state index in [9.17, 15) is 0 Å². The average Bonchev–Trinajstić information content (AvgIpc) is 2.78. The highest BCUT2D eigenvalue weighted by Crippen LogP contribution is 2.26. The summed E-state index contributed by atoms with van der Waals surface area (Å²) in [6, 6.07) is 8.19. The third kappa shape index (κ3) is 3.13. The molecule has 3 nitrogen and oxygen atoms in total. The van der Waals surface area contributed by atoms with Gasteiger partial charge in [-0.25, -0.2) is 0 Å². The first kappa shape index (κ1) is 13.6. The number of halogens is 1. The van der Waals surface area contributed by atoms with Crippen LogP contribution in [-0.4, -0.2) is 18.3 Å². The summed E-state index contributed by atoms with van der Waals surface area (Å²) in [5, 5.41) is 13.5. The smallest absolute Gasteiger partial charge is 0.134 e. The molecule has 1 aromatic carbocycles. The van der Waals surface area contributed by atoms with Crippen molar-refractivity contribution >= 4 is 26.9 Å². The van der Waals surface area contributed by atoms with E-state index in [2.05, 4.69) is 34.2 Å². The Morgan fingerprint density at radius 2 is 2.11 bits per heavy atom. The van der Waals surface area contributed by atoms with Crippen LogP contribution in [0.5, 0.6) is 0 Å². The molecule has 0 saturated carbocycles. The van der Waals surface area contributed by atoms with Crippen LogP contribution in [0.15, 0.2) is 33.2 Å². The van der Waals surface area contributed by atoms with Gasteiger partial charge in [0.1, 0.15) is 11.3 Å². The van der Waals surface area contributed by atoms with Crippen molar-refractivity contribution in [2.45, 2.75) is 19.9 Å². The number of hydrogen-bond donors (Lipinski definition) is 2. The molecule has 4 heteroatoms. The molecule has 0 aliphatic carbocycles. The van der Waals surface area contributed by atoms with Crippen molar-refractivity contribution in [1.29, 1.82) is 0 Å². The van der Waals surface area contributed by atoms with E-state index in [0.717, 1.165) is 27.7 Å². The van der Waals surface area contributed by atoms with Crippen molar-refractivity contribution in [3.8, 4) is 0 Å². The maximum atomic E-state index is 8.99. The van der Waals surface area contributed by atoms with E-state index in [1.807, 2.05) is 25.1 Å². The van der Waals surface area contributed by atoms with Crippen molar-refractivity contribution in [3.63, 3.8) is 0 Å². The molecule has 2 atom stereocenters. The van der Waals surface area contributed by atoms with Crippen molar-refractivity contribution in [3.05, 3.63) is 34.5 Å². The Hall–Kier alpha value is -0.840. The lowest BCUT2D eigenvalue weighted by molar-refractivity contribution is 0.229. The molecule has 1 heterocycles. The molecule has 1 aromatic heterocycles. The molecule has 2 aromatic rings. The third-order valence-electron chi connectivity index (χ3n) is 3.01. The molecule has 2 unspecified atom stereocenters. The van der Waals surface area contributed by atoms with Crippen LogP contribution in [0, 0.1) is 5.92 Å². The van der Waals surface area contributed by atoms with Gasteiger partial charge in [0, 0.05) is 23.0 Å². The van der Waals surface area contributed by atoms with Gasteiger partial charge in [0.15, 0.2) is 0 Å². The van der Waals surface area contributed by atoms with E-state index in [1.165, 1.54) is 0 Å². The van der Waals surface area contributed by atoms with Crippen molar-refractivity contribution in [1.82, 2.24) is 5.32 Å². The first-order valence-corrected chi connectivity index (χ1v) is 6.92. The molecule has 2 rings (SSSR count). The highest BCUT2D eigenvalue weighted by atomic mass is 79.9. The second kappa shape index (κ2) is 5.87. The molecular formula is C14H18BrNO2. The van der Waals surface area contributed by atoms with E-state index in [-0.39, 0.29) is 18.6 Å². The van der Waals surface area contributed by atoms with Crippen molar-refractivity contribution < 1.29 is 9.52 Å². The van der Waals surface area contributed by atoms with Gasteiger partial charge in [-0.05, 0) is 37.1 Å². The first-order chi connectivity index (χ1) is 8.60. The zero-order valence-corrected chi connectivity index (χ0v) is 12.2. The van der Waals surface area contributed by atoms with Gasteiger partial charge in [-0.3, -0.25) is 0 Å². The van der Waals surface area contributed by atoms with Gasteiger partial charge < -0.3 is 14.8 Å². The number of benzene rings is 1. The SMILES string of the molecule is CC(CO)CNC(C)c1cc2cc(Br)ccc2o1. The third-order valence-corrected chi connectivity index (χ3v) is 3.50. The predicted molar refractivity (Wildman–Crippen MR) is 76.6 cm³/mol. The Bertz CT molecular complexity index is 523. The van der Waals surface area contributed by atoms with E-state index >= 15 is 0 Å². The lowest BCUT2D eigenvalue weighted by Crippen LogP contribution is -2.25. The summed E-state index contributed by atoms with van der Waals surface area (Å²) in [5.41, 5.74) is 0.900. The molecule has 2 N–H and O–H groups in total. The number of hydrogen-bond acceptors (Lipinski definition) is 3. The van der Waals surface area contributed by atoms with E-state index in [4.69, 9.17) is 9.52 Å². The number of furan rings is 1. The van der Waals surface area contributed by atoms with Gasteiger partial charge in [-0.15, -0.1) is 0 Å². The van der Waals surface area contributed by atoms with Gasteiger partial charge in [-0.2, -0.15) is 0 Å². The Labute approximate surface area is 115 Å². The lowest BCUT2D eigenvalue weighted by atomic mass is 10.1. The van der Waals surface area contributed by atoms with Gasteiger partial charge in [-0.1, -0.05) is 22.9 Å². The Balaban J connectivity index is 2.10. The zero-order valence-electron chi connectivity index (χ0n) is 10.6. The van der Waals surface area contributed by atoms with E-state index in [0.29, 0.717) is 0 Å². The summed E-state index contributed by atoms with van der Waals surface area (Å²) in [7, 11) is 0. The summed E-state index contributed by atoms with van der Waals surface area (Å²) >= 11 is 3.45. The fraction of sp³-hybridized carbons (Fsp3) is 0.429. The second-order valence-electron chi connectivity index (χ2n) is 4.75. The Morgan fingerprint density at radius 1 is 1.33 bits per heavy atom. The molecule has 0 spiro atoms. The minimum atomic E-state index is 0.144. The molecular weight excluding hydrogens is 294 g/mol. The maximum Gasteiger partial charge on any atom is 0.134 e. The van der Waals surface area contributed by atoms with Crippen molar-refractivity contribution in [2.24, 2.45) is 5.92 Å². The summed E-state index contributed by atoms with van der Waals surface area (Å²) in [5.74, 6) is 1.18. The summed E-state index contributed by atoms with van der Waals surface area (Å²) in [6.45, 7) is 5.05. The number of fused-ring (bicyclic) bond motifs is 1. The van der Waals surface area contributed by atoms with Gasteiger partial charge in [0.25, 0.3) is 0 Å². The molecule has 0 saturated heterocycles. The highest BCUT2D eigenvalue weighted by molar-refractivity contribution is 9.10. The molecule has 0 fully saturated rings. The van der Waals surface area contributed by atoms with E-state index < -0.39 is 0 Å². The van der Waals surface area contributed by atoms with Crippen LogP contribution in [-0.2, 0) is 0 Å². The molecule has 0 bridgehead atoms. The topological polar surface area (TPSA) is 45.4 Å². The Kier molecular flexibility index (Phi) is 4.43. The number of rotatable bonds is 5. The molecule has 0 aliphatic heterocycles. The average molecular weight is 312 g/mol. The molecule has 0 amide bonds. The molecule has 18 heavy (non-hydrogen) atoms. The molecule has 0 radical (unpaired) electrons. The monoisotopic (exact) mass is 311 g/mol. The maximum absolute atomic E-state index is 8.99. The van der Waals surface area contributed by atoms with Crippen LogP contribution in [0.1, 0.15) is 25.6 Å². The van der Waals surface area contributed by atoms with Gasteiger partial charge in [0.2, 0.25) is 0 Å². The molecule has 0 aliphatic rings. The quantitative estimate of drug-likeness (QED) is 0.888. The molecule has 98 valence electrons.